The lowest BCUT2D eigenvalue weighted by atomic mass is 9.75. The lowest BCUT2D eigenvalue weighted by Gasteiger charge is -2.38. The summed E-state index contributed by atoms with van der Waals surface area (Å²) in [5.41, 5.74) is 1.37. The van der Waals surface area contributed by atoms with Gasteiger partial charge in [-0.15, -0.1) is 0 Å². The zero-order chi connectivity index (χ0) is 28.9. The van der Waals surface area contributed by atoms with Crippen molar-refractivity contribution in [1.29, 1.82) is 0 Å². The summed E-state index contributed by atoms with van der Waals surface area (Å²) in [6, 6.07) is 26.0. The molecule has 4 atom stereocenters. The Morgan fingerprint density at radius 1 is 0.925 bits per heavy atom. The zero-order valence-electron chi connectivity index (χ0n) is 23.8. The standard InChI is InChI=1S/C33H39NO6/c1-22(2)30-33(26-12-8-6-9-13-26,27-14-10-7-11-15-27)40-32(37)34(30)31(36)24(4)29(35)23(3)20-39-21-25-16-18-28(38-5)19-17-25/h6-19,22-24,29-30,35H,20-21H2,1-5H3/t23-,24+,29-,30+/m0/s1. The maximum atomic E-state index is 13.9. The largest absolute Gasteiger partial charge is 0.497 e. The Labute approximate surface area is 236 Å². The molecular formula is C33H39NO6. The van der Waals surface area contributed by atoms with Gasteiger partial charge in [-0.05, 0) is 23.6 Å². The maximum Gasteiger partial charge on any atom is 0.418 e. The number of cyclic esters (lactones) is 1. The number of amides is 2. The minimum atomic E-state index is -1.18. The van der Waals surface area contributed by atoms with Crippen LogP contribution in [0.5, 0.6) is 5.75 Å². The molecule has 3 aromatic carbocycles. The minimum absolute atomic E-state index is 0.134. The third-order valence-electron chi connectivity index (χ3n) is 7.71. The fourth-order valence-electron chi connectivity index (χ4n) is 5.58. The monoisotopic (exact) mass is 545 g/mol. The lowest BCUT2D eigenvalue weighted by molar-refractivity contribution is -0.139. The first kappa shape index (κ1) is 29.3. The van der Waals surface area contributed by atoms with Crippen LogP contribution in [0.25, 0.3) is 0 Å². The summed E-state index contributed by atoms with van der Waals surface area (Å²) in [6.45, 7) is 8.06. The van der Waals surface area contributed by atoms with Gasteiger partial charge >= 0.3 is 6.09 Å². The van der Waals surface area contributed by atoms with E-state index in [1.165, 1.54) is 4.90 Å². The second-order valence-electron chi connectivity index (χ2n) is 10.9. The molecule has 0 saturated carbocycles. The van der Waals surface area contributed by atoms with E-state index in [0.717, 1.165) is 22.4 Å². The molecule has 7 heteroatoms. The zero-order valence-corrected chi connectivity index (χ0v) is 23.8. The van der Waals surface area contributed by atoms with Gasteiger partial charge in [0, 0.05) is 17.0 Å². The van der Waals surface area contributed by atoms with Crippen LogP contribution in [0.1, 0.15) is 44.4 Å². The number of aliphatic hydroxyl groups is 1. The number of rotatable bonds is 11. The number of methoxy groups -OCH3 is 1. The highest BCUT2D eigenvalue weighted by molar-refractivity contribution is 5.96. The molecule has 3 aromatic rings. The first-order valence-electron chi connectivity index (χ1n) is 13.8. The van der Waals surface area contributed by atoms with Crippen molar-refractivity contribution < 1.29 is 28.9 Å². The number of carbonyl (C=O) groups is 2. The molecule has 1 saturated heterocycles. The van der Waals surface area contributed by atoms with Crippen LogP contribution >= 0.6 is 0 Å². The van der Waals surface area contributed by atoms with Crippen molar-refractivity contribution in [3.8, 4) is 5.75 Å². The third kappa shape index (κ3) is 5.76. The molecule has 212 valence electrons. The van der Waals surface area contributed by atoms with E-state index in [9.17, 15) is 14.7 Å². The fraction of sp³-hybridized carbons (Fsp3) is 0.394. The molecule has 1 aliphatic rings. The summed E-state index contributed by atoms with van der Waals surface area (Å²) in [6.07, 6.45) is -1.73. The minimum Gasteiger partial charge on any atom is -0.497 e. The number of carbonyl (C=O) groups excluding carboxylic acids is 2. The van der Waals surface area contributed by atoms with E-state index in [1.807, 2.05) is 106 Å². The van der Waals surface area contributed by atoms with E-state index < -0.39 is 35.7 Å². The predicted octanol–water partition coefficient (Wildman–Crippen LogP) is 5.79. The highest BCUT2D eigenvalue weighted by Crippen LogP contribution is 2.47. The average Bonchev–Trinajstić information content (AvgIpc) is 3.31. The third-order valence-corrected chi connectivity index (χ3v) is 7.71. The normalized spacial score (nSPS) is 18.7. The summed E-state index contributed by atoms with van der Waals surface area (Å²) in [5.74, 6) is -1.03. The number of benzene rings is 3. The van der Waals surface area contributed by atoms with Crippen LogP contribution in [0.4, 0.5) is 4.79 Å². The van der Waals surface area contributed by atoms with Crippen molar-refractivity contribution in [1.82, 2.24) is 4.90 Å². The Kier molecular flexibility index (Phi) is 9.28. The topological polar surface area (TPSA) is 85.3 Å². The SMILES string of the molecule is COc1ccc(COC[C@H](C)[C@H](O)[C@@H](C)C(=O)N2C(=O)OC(c3ccccc3)(c3ccccc3)[C@H]2C(C)C)cc1. The molecule has 2 amide bonds. The summed E-state index contributed by atoms with van der Waals surface area (Å²) in [7, 11) is 1.62. The molecule has 40 heavy (non-hydrogen) atoms. The van der Waals surface area contributed by atoms with E-state index in [2.05, 4.69) is 0 Å². The number of aliphatic hydroxyl groups excluding tert-OH is 1. The van der Waals surface area contributed by atoms with Crippen molar-refractivity contribution in [2.24, 2.45) is 17.8 Å². The quantitative estimate of drug-likeness (QED) is 0.328. The molecule has 0 aromatic heterocycles. The van der Waals surface area contributed by atoms with Crippen LogP contribution in [0.3, 0.4) is 0 Å². The van der Waals surface area contributed by atoms with Gasteiger partial charge < -0.3 is 19.3 Å². The van der Waals surface area contributed by atoms with Crippen LogP contribution in [0.15, 0.2) is 84.9 Å². The molecule has 4 rings (SSSR count). The molecule has 0 bridgehead atoms. The van der Waals surface area contributed by atoms with E-state index >= 15 is 0 Å². The van der Waals surface area contributed by atoms with Gasteiger partial charge in [-0.3, -0.25) is 4.79 Å². The van der Waals surface area contributed by atoms with Crippen molar-refractivity contribution in [3.05, 3.63) is 102 Å². The smallest absolute Gasteiger partial charge is 0.418 e. The van der Waals surface area contributed by atoms with Crippen LogP contribution in [-0.4, -0.2) is 47.9 Å². The Hall–Kier alpha value is -3.68. The second kappa shape index (κ2) is 12.7. The highest BCUT2D eigenvalue weighted by atomic mass is 16.6. The summed E-state index contributed by atoms with van der Waals surface area (Å²) in [4.78, 5) is 28.7. The van der Waals surface area contributed by atoms with Gasteiger partial charge in [0.1, 0.15) is 5.75 Å². The molecule has 0 radical (unpaired) electrons. The van der Waals surface area contributed by atoms with E-state index in [-0.39, 0.29) is 18.4 Å². The Bertz CT molecular complexity index is 1220. The van der Waals surface area contributed by atoms with Gasteiger partial charge in [0.05, 0.1) is 38.4 Å². The van der Waals surface area contributed by atoms with Crippen LogP contribution in [0.2, 0.25) is 0 Å². The van der Waals surface area contributed by atoms with Crippen molar-refractivity contribution in [2.45, 2.75) is 52.0 Å². The highest BCUT2D eigenvalue weighted by Gasteiger charge is 2.60. The molecule has 1 N–H and O–H groups in total. The summed E-state index contributed by atoms with van der Waals surface area (Å²) >= 11 is 0. The van der Waals surface area contributed by atoms with Crippen LogP contribution in [0, 0.1) is 17.8 Å². The molecule has 0 aliphatic carbocycles. The second-order valence-corrected chi connectivity index (χ2v) is 10.9. The molecule has 0 spiro atoms. The number of ether oxygens (including phenoxy) is 3. The number of hydrogen-bond acceptors (Lipinski definition) is 6. The fourth-order valence-corrected chi connectivity index (χ4v) is 5.58. The van der Waals surface area contributed by atoms with E-state index in [4.69, 9.17) is 14.2 Å². The Morgan fingerprint density at radius 3 is 1.98 bits per heavy atom. The number of hydrogen-bond donors (Lipinski definition) is 1. The van der Waals surface area contributed by atoms with Gasteiger partial charge in [0.2, 0.25) is 5.91 Å². The lowest BCUT2D eigenvalue weighted by Crippen LogP contribution is -2.52. The summed E-state index contributed by atoms with van der Waals surface area (Å²) in [5, 5.41) is 11.2. The maximum absolute atomic E-state index is 13.9. The average molecular weight is 546 g/mol. The predicted molar refractivity (Wildman–Crippen MR) is 153 cm³/mol. The van der Waals surface area contributed by atoms with Gasteiger partial charge in [0.15, 0.2) is 5.60 Å². The van der Waals surface area contributed by atoms with Crippen LogP contribution in [-0.2, 0) is 26.5 Å². The Morgan fingerprint density at radius 2 is 1.48 bits per heavy atom. The Balaban J connectivity index is 1.54. The van der Waals surface area contributed by atoms with Gasteiger partial charge in [-0.2, -0.15) is 0 Å². The molecule has 7 nitrogen and oxygen atoms in total. The first-order chi connectivity index (χ1) is 19.2. The van der Waals surface area contributed by atoms with Gasteiger partial charge in [-0.25, -0.2) is 9.69 Å². The number of nitrogens with zero attached hydrogens (tertiary/aromatic N) is 1. The molecule has 1 heterocycles. The number of imide groups is 1. The summed E-state index contributed by atoms with van der Waals surface area (Å²) < 4.78 is 17.2. The molecular weight excluding hydrogens is 506 g/mol. The van der Waals surface area contributed by atoms with Crippen molar-refractivity contribution in [2.75, 3.05) is 13.7 Å². The van der Waals surface area contributed by atoms with Crippen molar-refractivity contribution >= 4 is 12.0 Å². The van der Waals surface area contributed by atoms with E-state index in [0.29, 0.717) is 6.61 Å². The molecule has 0 unspecified atom stereocenters. The first-order valence-corrected chi connectivity index (χ1v) is 13.8. The van der Waals surface area contributed by atoms with Gasteiger partial charge in [0.25, 0.3) is 0 Å². The molecule has 1 aliphatic heterocycles. The van der Waals surface area contributed by atoms with Crippen molar-refractivity contribution in [3.63, 3.8) is 0 Å². The van der Waals surface area contributed by atoms with E-state index in [1.54, 1.807) is 14.0 Å². The van der Waals surface area contributed by atoms with Gasteiger partial charge in [-0.1, -0.05) is 100 Å². The molecule has 1 fully saturated rings. The van der Waals surface area contributed by atoms with Crippen LogP contribution < -0.4 is 4.74 Å².